The molecule has 100 valence electrons. The Morgan fingerprint density at radius 1 is 1.00 bits per heavy atom. The highest BCUT2D eigenvalue weighted by Gasteiger charge is 2.16. The zero-order valence-electron chi connectivity index (χ0n) is 11.3. The van der Waals surface area contributed by atoms with Gasteiger partial charge in [-0.25, -0.2) is 4.79 Å². The molecule has 3 heteroatoms. The Hall–Kier alpha value is -2.55. The molecule has 3 nitrogen and oxygen atoms in total. The van der Waals surface area contributed by atoms with Gasteiger partial charge in [0.25, 0.3) is 0 Å². The van der Waals surface area contributed by atoms with Gasteiger partial charge < -0.3 is 9.52 Å². The van der Waals surface area contributed by atoms with Crippen molar-refractivity contribution in [3.05, 3.63) is 64.0 Å². The third kappa shape index (κ3) is 1.88. The maximum Gasteiger partial charge on any atom is 0.347 e. The zero-order valence-corrected chi connectivity index (χ0v) is 11.3. The summed E-state index contributed by atoms with van der Waals surface area (Å²) in [5.74, 6) is -0.0226. The molecule has 0 aliphatic heterocycles. The average molecular weight is 266 g/mol. The molecule has 1 heterocycles. The van der Waals surface area contributed by atoms with Crippen LogP contribution in [-0.4, -0.2) is 5.11 Å². The second-order valence-electron chi connectivity index (χ2n) is 4.91. The van der Waals surface area contributed by atoms with Crippen LogP contribution < -0.4 is 5.63 Å². The standard InChI is InChI=1S/C17H14O3/c1-10-8-13-14(9-11(10)2)20-17(19)15(16(13)18)12-6-4-3-5-7-12/h3-9,18H,1-2H3. The molecule has 2 aromatic carbocycles. The van der Waals surface area contributed by atoms with Crippen molar-refractivity contribution in [3.63, 3.8) is 0 Å². The molecule has 0 saturated heterocycles. The van der Waals surface area contributed by atoms with Crippen LogP contribution in [0.4, 0.5) is 0 Å². The Kier molecular flexibility index (Phi) is 2.83. The van der Waals surface area contributed by atoms with Gasteiger partial charge in [0.05, 0.1) is 5.39 Å². The maximum atomic E-state index is 12.1. The number of benzene rings is 2. The average Bonchev–Trinajstić information content (AvgIpc) is 2.43. The quantitative estimate of drug-likeness (QED) is 0.682. The summed E-state index contributed by atoms with van der Waals surface area (Å²) in [6.07, 6.45) is 0. The number of aryl methyl sites for hydroxylation is 2. The van der Waals surface area contributed by atoms with Crippen molar-refractivity contribution < 1.29 is 9.52 Å². The topological polar surface area (TPSA) is 50.4 Å². The SMILES string of the molecule is Cc1cc2oc(=O)c(-c3ccccc3)c(O)c2cc1C. The molecule has 20 heavy (non-hydrogen) atoms. The van der Waals surface area contributed by atoms with Crippen LogP contribution in [0.2, 0.25) is 0 Å². The van der Waals surface area contributed by atoms with Crippen LogP contribution in [0.3, 0.4) is 0 Å². The van der Waals surface area contributed by atoms with E-state index in [-0.39, 0.29) is 11.3 Å². The molecule has 0 aliphatic carbocycles. The Balaban J connectivity index is 2.41. The summed E-state index contributed by atoms with van der Waals surface area (Å²) in [5.41, 5.74) is 2.81. The fraction of sp³-hybridized carbons (Fsp3) is 0.118. The van der Waals surface area contributed by atoms with Gasteiger partial charge in [-0.05, 0) is 42.7 Å². The largest absolute Gasteiger partial charge is 0.506 e. The molecular weight excluding hydrogens is 252 g/mol. The molecule has 0 spiro atoms. The molecule has 0 saturated carbocycles. The Morgan fingerprint density at radius 3 is 2.35 bits per heavy atom. The van der Waals surface area contributed by atoms with Gasteiger partial charge >= 0.3 is 5.63 Å². The molecular formula is C17H14O3. The summed E-state index contributed by atoms with van der Waals surface area (Å²) in [6.45, 7) is 3.90. The van der Waals surface area contributed by atoms with Gasteiger partial charge in [0, 0.05) is 0 Å². The molecule has 0 radical (unpaired) electrons. The van der Waals surface area contributed by atoms with E-state index < -0.39 is 5.63 Å². The molecule has 0 amide bonds. The summed E-state index contributed by atoms with van der Waals surface area (Å²) in [6, 6.07) is 12.7. The zero-order chi connectivity index (χ0) is 14.3. The van der Waals surface area contributed by atoms with Gasteiger partial charge in [-0.3, -0.25) is 0 Å². The van der Waals surface area contributed by atoms with Crippen LogP contribution in [0.15, 0.2) is 51.7 Å². The van der Waals surface area contributed by atoms with Gasteiger partial charge in [-0.1, -0.05) is 30.3 Å². The second-order valence-corrected chi connectivity index (χ2v) is 4.91. The normalized spacial score (nSPS) is 10.9. The minimum Gasteiger partial charge on any atom is -0.506 e. The lowest BCUT2D eigenvalue weighted by molar-refractivity contribution is 0.471. The first-order valence-corrected chi connectivity index (χ1v) is 6.40. The summed E-state index contributed by atoms with van der Waals surface area (Å²) in [7, 11) is 0. The Morgan fingerprint density at radius 2 is 1.65 bits per heavy atom. The molecule has 0 atom stereocenters. The molecule has 0 bridgehead atoms. The lowest BCUT2D eigenvalue weighted by atomic mass is 10.0. The molecule has 1 N–H and O–H groups in total. The van der Waals surface area contributed by atoms with E-state index >= 15 is 0 Å². The maximum absolute atomic E-state index is 12.1. The van der Waals surface area contributed by atoms with Crippen molar-refractivity contribution in [3.8, 4) is 16.9 Å². The smallest absolute Gasteiger partial charge is 0.347 e. The lowest BCUT2D eigenvalue weighted by Gasteiger charge is -2.08. The Bertz CT molecular complexity index is 845. The van der Waals surface area contributed by atoms with Crippen LogP contribution >= 0.6 is 0 Å². The molecule has 3 rings (SSSR count). The second kappa shape index (κ2) is 4.53. The third-order valence-electron chi connectivity index (χ3n) is 3.56. The summed E-state index contributed by atoms with van der Waals surface area (Å²) < 4.78 is 5.35. The molecule has 1 aromatic heterocycles. The highest BCUT2D eigenvalue weighted by molar-refractivity contribution is 5.91. The van der Waals surface area contributed by atoms with E-state index in [1.807, 2.05) is 38.1 Å². The van der Waals surface area contributed by atoms with E-state index in [1.165, 1.54) is 0 Å². The van der Waals surface area contributed by atoms with Crippen LogP contribution in [0.5, 0.6) is 5.75 Å². The van der Waals surface area contributed by atoms with E-state index in [0.29, 0.717) is 16.5 Å². The van der Waals surface area contributed by atoms with E-state index in [1.54, 1.807) is 18.2 Å². The minimum absolute atomic E-state index is 0.0226. The van der Waals surface area contributed by atoms with Crippen molar-refractivity contribution >= 4 is 11.0 Å². The van der Waals surface area contributed by atoms with Crippen LogP contribution in [0.1, 0.15) is 11.1 Å². The minimum atomic E-state index is -0.524. The number of fused-ring (bicyclic) bond motifs is 1. The van der Waals surface area contributed by atoms with Crippen LogP contribution in [0.25, 0.3) is 22.1 Å². The summed E-state index contributed by atoms with van der Waals surface area (Å²) in [5, 5.41) is 11.0. The number of hydrogen-bond donors (Lipinski definition) is 1. The van der Waals surface area contributed by atoms with E-state index in [9.17, 15) is 9.90 Å². The first-order chi connectivity index (χ1) is 9.58. The van der Waals surface area contributed by atoms with Crippen molar-refractivity contribution in [1.29, 1.82) is 0 Å². The Labute approximate surface area is 116 Å². The summed E-state index contributed by atoms with van der Waals surface area (Å²) >= 11 is 0. The van der Waals surface area contributed by atoms with Gasteiger partial charge in [0.15, 0.2) is 0 Å². The molecule has 3 aromatic rings. The van der Waals surface area contributed by atoms with E-state index in [4.69, 9.17) is 4.42 Å². The van der Waals surface area contributed by atoms with Crippen molar-refractivity contribution in [2.75, 3.05) is 0 Å². The van der Waals surface area contributed by atoms with Crippen molar-refractivity contribution in [2.24, 2.45) is 0 Å². The highest BCUT2D eigenvalue weighted by Crippen LogP contribution is 2.34. The van der Waals surface area contributed by atoms with Gasteiger partial charge in [-0.2, -0.15) is 0 Å². The molecule has 0 fully saturated rings. The number of rotatable bonds is 1. The van der Waals surface area contributed by atoms with Crippen LogP contribution in [0, 0.1) is 13.8 Å². The molecule has 0 unspecified atom stereocenters. The van der Waals surface area contributed by atoms with E-state index in [0.717, 1.165) is 11.1 Å². The number of hydrogen-bond acceptors (Lipinski definition) is 3. The van der Waals surface area contributed by atoms with Gasteiger partial charge in [0.1, 0.15) is 16.9 Å². The highest BCUT2D eigenvalue weighted by atomic mass is 16.4. The van der Waals surface area contributed by atoms with Crippen molar-refractivity contribution in [2.45, 2.75) is 13.8 Å². The first-order valence-electron chi connectivity index (χ1n) is 6.40. The molecule has 0 aliphatic rings. The lowest BCUT2D eigenvalue weighted by Crippen LogP contribution is -2.03. The predicted octanol–water partition coefficient (Wildman–Crippen LogP) is 3.78. The monoisotopic (exact) mass is 266 g/mol. The van der Waals surface area contributed by atoms with Crippen LogP contribution in [-0.2, 0) is 0 Å². The fourth-order valence-corrected chi connectivity index (χ4v) is 2.30. The summed E-state index contributed by atoms with van der Waals surface area (Å²) in [4.78, 5) is 12.1. The predicted molar refractivity (Wildman–Crippen MR) is 79.1 cm³/mol. The first kappa shape index (κ1) is 12.5. The van der Waals surface area contributed by atoms with Crippen molar-refractivity contribution in [1.82, 2.24) is 0 Å². The fourth-order valence-electron chi connectivity index (χ4n) is 2.30. The third-order valence-corrected chi connectivity index (χ3v) is 3.56. The number of aromatic hydroxyl groups is 1. The van der Waals surface area contributed by atoms with Gasteiger partial charge in [0.2, 0.25) is 0 Å². The van der Waals surface area contributed by atoms with Gasteiger partial charge in [-0.15, -0.1) is 0 Å². The van der Waals surface area contributed by atoms with E-state index in [2.05, 4.69) is 0 Å².